The van der Waals surface area contributed by atoms with E-state index >= 15 is 0 Å². The van der Waals surface area contributed by atoms with E-state index in [1.54, 1.807) is 13.0 Å². The molecule has 0 radical (unpaired) electrons. The highest BCUT2D eigenvalue weighted by molar-refractivity contribution is 5.87. The molecule has 0 amide bonds. The van der Waals surface area contributed by atoms with Crippen LogP contribution in [-0.2, 0) is 9.53 Å². The maximum atomic E-state index is 11.3. The van der Waals surface area contributed by atoms with Crippen molar-refractivity contribution in [3.05, 3.63) is 131 Å². The van der Waals surface area contributed by atoms with Crippen molar-refractivity contribution in [1.82, 2.24) is 0 Å². The second-order valence-corrected chi connectivity index (χ2v) is 8.05. The van der Waals surface area contributed by atoms with Gasteiger partial charge in [-0.1, -0.05) is 125 Å². The van der Waals surface area contributed by atoms with Crippen LogP contribution in [0.3, 0.4) is 0 Å². The summed E-state index contributed by atoms with van der Waals surface area (Å²) < 4.78 is 4.67. The van der Waals surface area contributed by atoms with Crippen LogP contribution in [0.4, 0.5) is 0 Å². The zero-order valence-corrected chi connectivity index (χ0v) is 21.6. The minimum absolute atomic E-state index is 0.314. The highest BCUT2D eigenvalue weighted by atomic mass is 16.5. The molecule has 0 aromatic rings. The third kappa shape index (κ3) is 17.9. The number of hydrogen-bond donors (Lipinski definition) is 0. The number of rotatable bonds is 11. The molecular weight excluding hydrogens is 404 g/mol. The van der Waals surface area contributed by atoms with Gasteiger partial charge in [-0.05, 0) is 48.5 Å². The molecular formula is C31H40O2. The van der Waals surface area contributed by atoms with Crippen LogP contribution >= 0.6 is 0 Å². The van der Waals surface area contributed by atoms with E-state index in [-0.39, 0.29) is 5.97 Å². The lowest BCUT2D eigenvalue weighted by molar-refractivity contribution is -0.136. The van der Waals surface area contributed by atoms with Gasteiger partial charge in [0, 0.05) is 5.57 Å². The summed E-state index contributed by atoms with van der Waals surface area (Å²) >= 11 is 0. The normalized spacial score (nSPS) is 15.1. The summed E-state index contributed by atoms with van der Waals surface area (Å²) in [5, 5.41) is 0. The highest BCUT2D eigenvalue weighted by Crippen LogP contribution is 2.03. The lowest BCUT2D eigenvalue weighted by Gasteiger charge is -1.95. The third-order valence-electron chi connectivity index (χ3n) is 4.27. The van der Waals surface area contributed by atoms with Crippen molar-refractivity contribution < 1.29 is 9.53 Å². The standard InChI is InChI=1S/C31H40O2/c1-25(2)15-11-18-28(5)21-12-19-26(3)16-9-10-17-27(4)20-13-22-29(6)23-14-24-30(7)31(32)33-8/h9-24H,1-8H3. The number of methoxy groups -OCH3 is 1. The van der Waals surface area contributed by atoms with Crippen LogP contribution in [0.15, 0.2) is 131 Å². The summed E-state index contributed by atoms with van der Waals surface area (Å²) in [5.74, 6) is -0.314. The first-order valence-corrected chi connectivity index (χ1v) is 11.1. The lowest BCUT2D eigenvalue weighted by Crippen LogP contribution is -2.00. The molecule has 0 fully saturated rings. The van der Waals surface area contributed by atoms with Gasteiger partial charge in [-0.2, -0.15) is 0 Å². The van der Waals surface area contributed by atoms with E-state index in [4.69, 9.17) is 0 Å². The highest BCUT2D eigenvalue weighted by Gasteiger charge is 1.99. The molecule has 0 heterocycles. The molecule has 0 unspecified atom stereocenters. The van der Waals surface area contributed by atoms with E-state index in [1.807, 2.05) is 43.4 Å². The molecule has 2 heteroatoms. The van der Waals surface area contributed by atoms with Crippen molar-refractivity contribution in [2.45, 2.75) is 48.5 Å². The van der Waals surface area contributed by atoms with Crippen LogP contribution in [0.2, 0.25) is 0 Å². The van der Waals surface area contributed by atoms with Crippen molar-refractivity contribution in [1.29, 1.82) is 0 Å². The smallest absolute Gasteiger partial charge is 0.333 e. The largest absolute Gasteiger partial charge is 0.466 e. The SMILES string of the molecule is COC(=O)C(C)=CC=CC(C)=CC=CC(C)=CC=CC=C(C)C=CC=C(C)C=CC=C(C)C. The summed E-state index contributed by atoms with van der Waals surface area (Å²) in [5.41, 5.74) is 6.51. The summed E-state index contributed by atoms with van der Waals surface area (Å²) in [4.78, 5) is 11.3. The van der Waals surface area contributed by atoms with Gasteiger partial charge in [-0.25, -0.2) is 4.79 Å². The Labute approximate surface area is 201 Å². The zero-order chi connectivity index (χ0) is 25.1. The van der Waals surface area contributed by atoms with Gasteiger partial charge >= 0.3 is 5.97 Å². The average molecular weight is 445 g/mol. The van der Waals surface area contributed by atoms with Gasteiger partial charge in [-0.3, -0.25) is 0 Å². The zero-order valence-electron chi connectivity index (χ0n) is 21.6. The van der Waals surface area contributed by atoms with E-state index in [9.17, 15) is 4.79 Å². The summed E-state index contributed by atoms with van der Waals surface area (Å²) in [6, 6.07) is 0. The second kappa shape index (κ2) is 18.2. The van der Waals surface area contributed by atoms with Gasteiger partial charge in [0.1, 0.15) is 0 Å². The van der Waals surface area contributed by atoms with E-state index in [2.05, 4.69) is 94.0 Å². The minimum atomic E-state index is -0.314. The Balaban J connectivity index is 4.75. The summed E-state index contributed by atoms with van der Waals surface area (Å²) in [7, 11) is 1.38. The van der Waals surface area contributed by atoms with Gasteiger partial charge in [0.25, 0.3) is 0 Å². The minimum Gasteiger partial charge on any atom is -0.466 e. The molecule has 0 saturated heterocycles. The fourth-order valence-corrected chi connectivity index (χ4v) is 2.31. The van der Waals surface area contributed by atoms with Gasteiger partial charge < -0.3 is 4.74 Å². The number of carbonyl (C=O) groups is 1. The first-order chi connectivity index (χ1) is 15.6. The molecule has 0 aliphatic heterocycles. The molecule has 0 spiro atoms. The molecule has 0 rings (SSSR count). The fraction of sp³-hybridized carbons (Fsp3) is 0.258. The topological polar surface area (TPSA) is 26.3 Å². The third-order valence-corrected chi connectivity index (χ3v) is 4.27. The molecule has 2 nitrogen and oxygen atoms in total. The number of ether oxygens (including phenoxy) is 1. The predicted octanol–water partition coefficient (Wildman–Crippen LogP) is 8.64. The van der Waals surface area contributed by atoms with Crippen molar-refractivity contribution in [2.75, 3.05) is 7.11 Å². The Bertz CT molecular complexity index is 958. The van der Waals surface area contributed by atoms with Gasteiger partial charge in [-0.15, -0.1) is 0 Å². The molecule has 0 N–H and O–H groups in total. The molecule has 0 saturated carbocycles. The van der Waals surface area contributed by atoms with Crippen molar-refractivity contribution in [3.8, 4) is 0 Å². The van der Waals surface area contributed by atoms with E-state index in [0.29, 0.717) is 5.57 Å². The van der Waals surface area contributed by atoms with Crippen molar-refractivity contribution in [3.63, 3.8) is 0 Å². The molecule has 0 aromatic heterocycles. The summed E-state index contributed by atoms with van der Waals surface area (Å²) in [6.45, 7) is 14.2. The monoisotopic (exact) mass is 444 g/mol. The maximum Gasteiger partial charge on any atom is 0.333 e. The van der Waals surface area contributed by atoms with Crippen molar-refractivity contribution in [2.24, 2.45) is 0 Å². The van der Waals surface area contributed by atoms with Gasteiger partial charge in [0.2, 0.25) is 0 Å². The van der Waals surface area contributed by atoms with Crippen LogP contribution in [0.5, 0.6) is 0 Å². The quantitative estimate of drug-likeness (QED) is 0.181. The number of carbonyl (C=O) groups excluding carboxylic acids is 1. The van der Waals surface area contributed by atoms with Crippen LogP contribution in [-0.4, -0.2) is 13.1 Å². The summed E-state index contributed by atoms with van der Waals surface area (Å²) in [6.07, 6.45) is 32.4. The first-order valence-electron chi connectivity index (χ1n) is 11.1. The second-order valence-electron chi connectivity index (χ2n) is 8.05. The van der Waals surface area contributed by atoms with E-state index in [0.717, 1.165) is 11.1 Å². The van der Waals surface area contributed by atoms with Crippen LogP contribution in [0.25, 0.3) is 0 Å². The van der Waals surface area contributed by atoms with E-state index in [1.165, 1.54) is 23.8 Å². The fourth-order valence-electron chi connectivity index (χ4n) is 2.31. The Morgan fingerprint density at radius 3 is 1.18 bits per heavy atom. The average Bonchev–Trinajstić information content (AvgIpc) is 2.75. The molecule has 0 atom stereocenters. The maximum absolute atomic E-state index is 11.3. The number of hydrogen-bond acceptors (Lipinski definition) is 2. The van der Waals surface area contributed by atoms with Crippen LogP contribution in [0.1, 0.15) is 48.5 Å². The molecule has 0 aromatic carbocycles. The van der Waals surface area contributed by atoms with Crippen LogP contribution < -0.4 is 0 Å². The predicted molar refractivity (Wildman–Crippen MR) is 146 cm³/mol. The Kier molecular flexibility index (Phi) is 16.3. The Hall–Kier alpha value is -3.39. The Morgan fingerprint density at radius 1 is 0.485 bits per heavy atom. The molecule has 0 bridgehead atoms. The van der Waals surface area contributed by atoms with Gasteiger partial charge in [0.05, 0.1) is 7.11 Å². The molecule has 0 aliphatic carbocycles. The number of esters is 1. The molecule has 33 heavy (non-hydrogen) atoms. The lowest BCUT2D eigenvalue weighted by atomic mass is 10.2. The Morgan fingerprint density at radius 2 is 0.818 bits per heavy atom. The van der Waals surface area contributed by atoms with Crippen molar-refractivity contribution >= 4 is 5.97 Å². The molecule has 176 valence electrons. The van der Waals surface area contributed by atoms with Gasteiger partial charge in [0.15, 0.2) is 0 Å². The number of allylic oxidation sites excluding steroid dienone is 21. The first kappa shape index (κ1) is 29.6. The molecule has 0 aliphatic rings. The van der Waals surface area contributed by atoms with Crippen LogP contribution in [0, 0.1) is 0 Å². The van der Waals surface area contributed by atoms with E-state index < -0.39 is 0 Å².